The normalized spacial score (nSPS) is 15.0. The van der Waals surface area contributed by atoms with Gasteiger partial charge in [0.1, 0.15) is 23.3 Å². The summed E-state index contributed by atoms with van der Waals surface area (Å²) in [7, 11) is 0. The van der Waals surface area contributed by atoms with E-state index in [1.807, 2.05) is 20.8 Å². The van der Waals surface area contributed by atoms with Gasteiger partial charge in [0.2, 0.25) is 0 Å². The Bertz CT molecular complexity index is 1070. The van der Waals surface area contributed by atoms with E-state index in [1.54, 1.807) is 41.0 Å². The van der Waals surface area contributed by atoms with Crippen molar-refractivity contribution in [2.24, 2.45) is 5.73 Å². The Morgan fingerprint density at radius 1 is 1.00 bits per heavy atom. The fourth-order valence-corrected chi connectivity index (χ4v) is 3.58. The summed E-state index contributed by atoms with van der Waals surface area (Å²) < 4.78 is 24.7. The predicted molar refractivity (Wildman–Crippen MR) is 124 cm³/mol. The summed E-state index contributed by atoms with van der Waals surface area (Å²) in [5, 5.41) is 0. The molecule has 2 aromatic rings. The second kappa shape index (κ2) is 10.1. The Kier molecular flexibility index (Phi) is 7.44. The van der Waals surface area contributed by atoms with Gasteiger partial charge in [-0.05, 0) is 63.6 Å². The van der Waals surface area contributed by atoms with Crippen LogP contribution in [0.2, 0.25) is 0 Å². The van der Waals surface area contributed by atoms with Gasteiger partial charge in [-0.3, -0.25) is 9.59 Å². The number of halogens is 1. The molecule has 1 fully saturated rings. The van der Waals surface area contributed by atoms with Gasteiger partial charge in [0.25, 0.3) is 11.8 Å². The molecule has 1 heterocycles. The topological polar surface area (TPSA) is 102 Å². The lowest BCUT2D eigenvalue weighted by molar-refractivity contribution is 0.0141. The standard InChI is InChI=1S/C25H30FN3O5/c1-16(33-21-9-8-19(26)15-20(21)22(27)30)17-6-5-7-18(14-17)23(31)28-10-12-29(13-11-28)24(32)34-25(2,3)4/h5-9,14-16H,10-13H2,1-4H3,(H2,27,30). The molecular formula is C25H30FN3O5. The lowest BCUT2D eigenvalue weighted by Gasteiger charge is -2.35. The number of nitrogens with two attached hydrogens (primary N) is 1. The Balaban J connectivity index is 1.66. The van der Waals surface area contributed by atoms with E-state index in [1.165, 1.54) is 12.1 Å². The van der Waals surface area contributed by atoms with Crippen LogP contribution in [0.15, 0.2) is 42.5 Å². The summed E-state index contributed by atoms with van der Waals surface area (Å²) in [6, 6.07) is 10.6. The molecule has 0 saturated carbocycles. The molecule has 0 aromatic heterocycles. The molecule has 2 N–H and O–H groups in total. The van der Waals surface area contributed by atoms with Crippen molar-refractivity contribution >= 4 is 17.9 Å². The summed E-state index contributed by atoms with van der Waals surface area (Å²) in [6.07, 6.45) is -0.913. The highest BCUT2D eigenvalue weighted by Crippen LogP contribution is 2.27. The first-order valence-electron chi connectivity index (χ1n) is 11.1. The van der Waals surface area contributed by atoms with E-state index in [-0.39, 0.29) is 23.3 Å². The first-order valence-corrected chi connectivity index (χ1v) is 11.1. The van der Waals surface area contributed by atoms with Crippen LogP contribution in [0.1, 0.15) is 60.1 Å². The molecule has 1 aliphatic heterocycles. The van der Waals surface area contributed by atoms with E-state index < -0.39 is 23.4 Å². The average Bonchev–Trinajstić information content (AvgIpc) is 2.78. The number of carbonyl (C=O) groups is 3. The van der Waals surface area contributed by atoms with Crippen LogP contribution in [0.5, 0.6) is 5.75 Å². The quantitative estimate of drug-likeness (QED) is 0.715. The van der Waals surface area contributed by atoms with Gasteiger partial charge < -0.3 is 25.0 Å². The maximum atomic E-state index is 13.5. The molecule has 182 valence electrons. The highest BCUT2D eigenvalue weighted by Gasteiger charge is 2.28. The highest BCUT2D eigenvalue weighted by molar-refractivity contribution is 5.96. The largest absolute Gasteiger partial charge is 0.485 e. The van der Waals surface area contributed by atoms with Gasteiger partial charge in [0, 0.05) is 31.7 Å². The SMILES string of the molecule is CC(Oc1ccc(F)cc1C(N)=O)c1cccc(C(=O)N2CCN(C(=O)OC(C)(C)C)CC2)c1. The number of nitrogens with zero attached hydrogens (tertiary/aromatic N) is 2. The predicted octanol–water partition coefficient (Wildman–Crippen LogP) is 3.76. The molecular weight excluding hydrogens is 441 g/mol. The summed E-state index contributed by atoms with van der Waals surface area (Å²) in [4.78, 5) is 40.2. The minimum atomic E-state index is -0.795. The van der Waals surface area contributed by atoms with Crippen LogP contribution in [-0.4, -0.2) is 59.5 Å². The van der Waals surface area contributed by atoms with Gasteiger partial charge in [-0.1, -0.05) is 12.1 Å². The zero-order valence-electron chi connectivity index (χ0n) is 19.8. The van der Waals surface area contributed by atoms with E-state index in [0.717, 1.165) is 6.07 Å². The molecule has 3 amide bonds. The van der Waals surface area contributed by atoms with Gasteiger partial charge in [0.05, 0.1) is 5.56 Å². The van der Waals surface area contributed by atoms with Crippen LogP contribution in [-0.2, 0) is 4.74 Å². The number of primary amides is 1. The lowest BCUT2D eigenvalue weighted by atomic mass is 10.1. The summed E-state index contributed by atoms with van der Waals surface area (Å²) in [5.74, 6) is -1.38. The molecule has 8 nitrogen and oxygen atoms in total. The number of hydrogen-bond donors (Lipinski definition) is 1. The first-order chi connectivity index (χ1) is 15.9. The maximum Gasteiger partial charge on any atom is 0.410 e. The van der Waals surface area contributed by atoms with Crippen LogP contribution in [0.4, 0.5) is 9.18 Å². The van der Waals surface area contributed by atoms with Gasteiger partial charge in [-0.2, -0.15) is 0 Å². The van der Waals surface area contributed by atoms with Crippen molar-refractivity contribution in [1.82, 2.24) is 9.80 Å². The number of rotatable bonds is 5. The molecule has 3 rings (SSSR count). The Morgan fingerprint density at radius 3 is 2.26 bits per heavy atom. The smallest absolute Gasteiger partial charge is 0.410 e. The highest BCUT2D eigenvalue weighted by atomic mass is 19.1. The number of carbonyl (C=O) groups excluding carboxylic acids is 3. The molecule has 2 aromatic carbocycles. The third-order valence-electron chi connectivity index (χ3n) is 5.33. The molecule has 34 heavy (non-hydrogen) atoms. The van der Waals surface area contributed by atoms with Crippen molar-refractivity contribution in [2.45, 2.75) is 39.4 Å². The van der Waals surface area contributed by atoms with Crippen LogP contribution in [0, 0.1) is 5.82 Å². The lowest BCUT2D eigenvalue weighted by Crippen LogP contribution is -2.51. The zero-order chi connectivity index (χ0) is 25.0. The van der Waals surface area contributed by atoms with Gasteiger partial charge in [-0.15, -0.1) is 0 Å². The summed E-state index contributed by atoms with van der Waals surface area (Å²) in [6.45, 7) is 8.77. The van der Waals surface area contributed by atoms with E-state index in [9.17, 15) is 18.8 Å². The molecule has 1 aliphatic rings. The molecule has 1 unspecified atom stereocenters. The van der Waals surface area contributed by atoms with Crippen molar-refractivity contribution in [3.8, 4) is 5.75 Å². The number of amides is 3. The van der Waals surface area contributed by atoms with E-state index in [2.05, 4.69) is 0 Å². The summed E-state index contributed by atoms with van der Waals surface area (Å²) in [5.41, 5.74) is 5.89. The molecule has 1 atom stereocenters. The number of ether oxygens (including phenoxy) is 2. The van der Waals surface area contributed by atoms with Crippen LogP contribution < -0.4 is 10.5 Å². The number of hydrogen-bond acceptors (Lipinski definition) is 5. The molecule has 0 radical (unpaired) electrons. The van der Waals surface area contributed by atoms with Gasteiger partial charge in [0.15, 0.2) is 0 Å². The monoisotopic (exact) mass is 471 g/mol. The maximum absolute atomic E-state index is 13.5. The van der Waals surface area contributed by atoms with Crippen LogP contribution >= 0.6 is 0 Å². The molecule has 0 spiro atoms. The van der Waals surface area contributed by atoms with Crippen molar-refractivity contribution in [2.75, 3.05) is 26.2 Å². The third kappa shape index (κ3) is 6.24. The van der Waals surface area contributed by atoms with Crippen molar-refractivity contribution in [3.05, 3.63) is 65.0 Å². The van der Waals surface area contributed by atoms with E-state index >= 15 is 0 Å². The zero-order valence-corrected chi connectivity index (χ0v) is 19.8. The Morgan fingerprint density at radius 2 is 1.65 bits per heavy atom. The Labute approximate surface area is 198 Å². The second-order valence-electron chi connectivity index (χ2n) is 9.15. The summed E-state index contributed by atoms with van der Waals surface area (Å²) >= 11 is 0. The molecule has 9 heteroatoms. The second-order valence-corrected chi connectivity index (χ2v) is 9.15. The number of piperazine rings is 1. The van der Waals surface area contributed by atoms with Crippen molar-refractivity contribution < 1.29 is 28.2 Å². The fourth-order valence-electron chi connectivity index (χ4n) is 3.58. The molecule has 0 aliphatic carbocycles. The third-order valence-corrected chi connectivity index (χ3v) is 5.33. The van der Waals surface area contributed by atoms with E-state index in [4.69, 9.17) is 15.2 Å². The fraction of sp³-hybridized carbons (Fsp3) is 0.400. The van der Waals surface area contributed by atoms with Crippen molar-refractivity contribution in [3.63, 3.8) is 0 Å². The Hall–Kier alpha value is -3.62. The van der Waals surface area contributed by atoms with Gasteiger partial charge >= 0.3 is 6.09 Å². The van der Waals surface area contributed by atoms with Crippen LogP contribution in [0.25, 0.3) is 0 Å². The molecule has 1 saturated heterocycles. The minimum Gasteiger partial charge on any atom is -0.485 e. The minimum absolute atomic E-state index is 0.0538. The first kappa shape index (κ1) is 25.0. The van der Waals surface area contributed by atoms with Crippen molar-refractivity contribution in [1.29, 1.82) is 0 Å². The number of benzene rings is 2. The average molecular weight is 472 g/mol. The molecule has 0 bridgehead atoms. The van der Waals surface area contributed by atoms with Gasteiger partial charge in [-0.25, -0.2) is 9.18 Å². The van der Waals surface area contributed by atoms with E-state index in [0.29, 0.717) is 37.3 Å². The van der Waals surface area contributed by atoms with Crippen LogP contribution in [0.3, 0.4) is 0 Å².